The molecule has 1 saturated carbocycles. The maximum absolute atomic E-state index is 12.5. The van der Waals surface area contributed by atoms with Crippen LogP contribution in [0.15, 0.2) is 48.6 Å². The van der Waals surface area contributed by atoms with Crippen molar-refractivity contribution in [3.63, 3.8) is 0 Å². The molecule has 1 rings (SSSR count). The average molecular weight is 625 g/mol. The van der Waals surface area contributed by atoms with Crippen LogP contribution in [0.3, 0.4) is 0 Å². The Bertz CT molecular complexity index is 746. The minimum Gasteiger partial charge on any atom is -0.351 e. The topological polar surface area (TPSA) is 58.2 Å². The van der Waals surface area contributed by atoms with E-state index in [2.05, 4.69) is 73.1 Å². The van der Waals surface area contributed by atoms with Crippen LogP contribution in [-0.2, 0) is 9.59 Å². The highest BCUT2D eigenvalue weighted by Crippen LogP contribution is 2.20. The van der Waals surface area contributed by atoms with Crippen molar-refractivity contribution in [1.82, 2.24) is 10.6 Å². The monoisotopic (exact) mass is 625 g/mol. The fourth-order valence-corrected chi connectivity index (χ4v) is 6.06. The largest absolute Gasteiger partial charge is 0.351 e. The summed E-state index contributed by atoms with van der Waals surface area (Å²) in [6.07, 6.45) is 48.9. The summed E-state index contributed by atoms with van der Waals surface area (Å²) in [6.45, 7) is 4.50. The van der Waals surface area contributed by atoms with Gasteiger partial charge in [-0.15, -0.1) is 0 Å². The number of hydrogen-bond donors (Lipinski definition) is 2. The highest BCUT2D eigenvalue weighted by Gasteiger charge is 2.29. The van der Waals surface area contributed by atoms with Crippen molar-refractivity contribution in [1.29, 1.82) is 0 Å². The summed E-state index contributed by atoms with van der Waals surface area (Å²) in [7, 11) is 0. The second kappa shape index (κ2) is 31.9. The predicted octanol–water partition coefficient (Wildman–Crippen LogP) is 11.8. The highest BCUT2D eigenvalue weighted by molar-refractivity contribution is 5.78. The van der Waals surface area contributed by atoms with E-state index in [1.165, 1.54) is 89.9 Å². The maximum Gasteiger partial charge on any atom is 0.220 e. The Kier molecular flexibility index (Phi) is 29.0. The van der Waals surface area contributed by atoms with Crippen molar-refractivity contribution >= 4 is 11.8 Å². The van der Waals surface area contributed by atoms with E-state index >= 15 is 0 Å². The fraction of sp³-hybridized carbons (Fsp3) is 0.756. The Morgan fingerprint density at radius 2 is 0.800 bits per heavy atom. The summed E-state index contributed by atoms with van der Waals surface area (Å²) >= 11 is 0. The minimum atomic E-state index is 0.101. The molecular formula is C41H72N2O2. The molecule has 2 atom stereocenters. The van der Waals surface area contributed by atoms with Crippen LogP contribution in [0.4, 0.5) is 0 Å². The molecule has 45 heavy (non-hydrogen) atoms. The van der Waals surface area contributed by atoms with E-state index in [1.54, 1.807) is 0 Å². The Hall–Kier alpha value is -2.10. The summed E-state index contributed by atoms with van der Waals surface area (Å²) in [4.78, 5) is 25.1. The average Bonchev–Trinajstić information content (AvgIpc) is 3.46. The first-order valence-corrected chi connectivity index (χ1v) is 19.4. The van der Waals surface area contributed by atoms with Gasteiger partial charge in [0.05, 0.1) is 0 Å². The number of rotatable bonds is 30. The molecular weight excluding hydrogens is 552 g/mol. The van der Waals surface area contributed by atoms with Gasteiger partial charge in [-0.1, -0.05) is 127 Å². The second-order valence-corrected chi connectivity index (χ2v) is 13.2. The predicted molar refractivity (Wildman–Crippen MR) is 196 cm³/mol. The van der Waals surface area contributed by atoms with Gasteiger partial charge in [-0.3, -0.25) is 9.59 Å². The molecule has 0 bridgehead atoms. The second-order valence-electron chi connectivity index (χ2n) is 13.2. The normalized spacial score (nSPS) is 17.0. The zero-order valence-electron chi connectivity index (χ0n) is 29.7. The molecule has 4 heteroatoms. The smallest absolute Gasteiger partial charge is 0.220 e. The van der Waals surface area contributed by atoms with Gasteiger partial charge in [0.15, 0.2) is 0 Å². The zero-order chi connectivity index (χ0) is 32.5. The third-order valence-electron chi connectivity index (χ3n) is 8.92. The van der Waals surface area contributed by atoms with Crippen molar-refractivity contribution in [3.8, 4) is 0 Å². The van der Waals surface area contributed by atoms with E-state index < -0.39 is 0 Å². The van der Waals surface area contributed by atoms with Gasteiger partial charge in [-0.25, -0.2) is 0 Å². The van der Waals surface area contributed by atoms with Gasteiger partial charge < -0.3 is 10.6 Å². The lowest BCUT2D eigenvalue weighted by Crippen LogP contribution is -2.48. The van der Waals surface area contributed by atoms with Gasteiger partial charge >= 0.3 is 0 Å². The van der Waals surface area contributed by atoms with Crippen molar-refractivity contribution in [2.24, 2.45) is 0 Å². The standard InChI is InChI=1S/C41H72N2O2/c1-3-5-7-9-11-13-15-17-19-21-23-25-27-29-31-36-40(44)42-38-34-33-35-39(38)43-41(45)37-32-30-28-26-24-22-20-18-16-14-12-10-8-6-4-2/h11-14,17-20,38-39H,3-10,15-16,21-37H2,1-2H3,(H,42,44)(H,43,45)/t38-,39+. The summed E-state index contributed by atoms with van der Waals surface area (Å²) in [5.74, 6) is 0.307. The van der Waals surface area contributed by atoms with Crippen LogP contribution in [-0.4, -0.2) is 23.9 Å². The van der Waals surface area contributed by atoms with Gasteiger partial charge in [-0.2, -0.15) is 0 Å². The summed E-state index contributed by atoms with van der Waals surface area (Å²) in [6, 6.07) is 0.202. The fourth-order valence-electron chi connectivity index (χ4n) is 6.06. The highest BCUT2D eigenvalue weighted by atomic mass is 16.2. The third-order valence-corrected chi connectivity index (χ3v) is 8.92. The molecule has 0 unspecified atom stereocenters. The van der Waals surface area contributed by atoms with Gasteiger partial charge in [0, 0.05) is 24.9 Å². The molecule has 1 aliphatic rings. The van der Waals surface area contributed by atoms with E-state index in [9.17, 15) is 9.59 Å². The van der Waals surface area contributed by atoms with Crippen LogP contribution < -0.4 is 10.6 Å². The summed E-state index contributed by atoms with van der Waals surface area (Å²) in [5.41, 5.74) is 0. The van der Waals surface area contributed by atoms with Gasteiger partial charge in [-0.05, 0) is 96.3 Å². The van der Waals surface area contributed by atoms with E-state index in [4.69, 9.17) is 0 Å². The maximum atomic E-state index is 12.5. The van der Waals surface area contributed by atoms with E-state index in [1.807, 2.05) is 0 Å². The first-order valence-electron chi connectivity index (χ1n) is 19.4. The van der Waals surface area contributed by atoms with Crippen LogP contribution in [0, 0.1) is 0 Å². The van der Waals surface area contributed by atoms with Crippen LogP contribution >= 0.6 is 0 Å². The van der Waals surface area contributed by atoms with Crippen LogP contribution in [0.1, 0.15) is 187 Å². The number of unbranched alkanes of at least 4 members (excludes halogenated alkanes) is 16. The lowest BCUT2D eigenvalue weighted by atomic mass is 10.1. The lowest BCUT2D eigenvalue weighted by Gasteiger charge is -2.22. The van der Waals surface area contributed by atoms with Crippen LogP contribution in [0.5, 0.6) is 0 Å². The van der Waals surface area contributed by atoms with Crippen LogP contribution in [0.2, 0.25) is 0 Å². The van der Waals surface area contributed by atoms with Crippen molar-refractivity contribution in [3.05, 3.63) is 48.6 Å². The minimum absolute atomic E-state index is 0.101. The Morgan fingerprint density at radius 3 is 1.18 bits per heavy atom. The molecule has 0 aromatic heterocycles. The first-order chi connectivity index (χ1) is 22.2. The van der Waals surface area contributed by atoms with E-state index in [-0.39, 0.29) is 23.9 Å². The molecule has 1 aliphatic carbocycles. The molecule has 1 fully saturated rings. The molecule has 0 spiro atoms. The number of carbonyl (C=O) groups excluding carboxylic acids is 2. The molecule has 0 aromatic rings. The van der Waals surface area contributed by atoms with Gasteiger partial charge in [0.25, 0.3) is 0 Å². The number of hydrogen-bond acceptors (Lipinski definition) is 2. The SMILES string of the molecule is CCCCCC=CCC=CCCCCCCCC(=O)N[C@H]1CCC[C@H]1NC(=O)CCCCCCCC=CCC=CCCCCC. The van der Waals surface area contributed by atoms with Gasteiger partial charge in [0.2, 0.25) is 11.8 Å². The first kappa shape index (κ1) is 40.9. The third kappa shape index (κ3) is 26.8. The molecule has 258 valence electrons. The van der Waals surface area contributed by atoms with Crippen LogP contribution in [0.25, 0.3) is 0 Å². The Labute approximate surface area is 279 Å². The summed E-state index contributed by atoms with van der Waals surface area (Å²) < 4.78 is 0. The summed E-state index contributed by atoms with van der Waals surface area (Å²) in [5, 5.41) is 6.46. The lowest BCUT2D eigenvalue weighted by molar-refractivity contribution is -0.124. The van der Waals surface area contributed by atoms with Crippen molar-refractivity contribution in [2.75, 3.05) is 0 Å². The van der Waals surface area contributed by atoms with Gasteiger partial charge in [0.1, 0.15) is 0 Å². The Balaban J connectivity index is 1.98. The van der Waals surface area contributed by atoms with E-state index in [0.29, 0.717) is 12.8 Å². The molecule has 0 heterocycles. The molecule has 0 aliphatic heterocycles. The number of allylic oxidation sites excluding steroid dienone is 8. The number of carbonyl (C=O) groups is 2. The number of amides is 2. The molecule has 0 radical (unpaired) electrons. The quantitative estimate of drug-likeness (QED) is 0.0617. The Morgan fingerprint density at radius 1 is 0.467 bits per heavy atom. The van der Waals surface area contributed by atoms with Crippen molar-refractivity contribution in [2.45, 2.75) is 199 Å². The molecule has 2 amide bonds. The zero-order valence-corrected chi connectivity index (χ0v) is 29.7. The van der Waals surface area contributed by atoms with Crippen molar-refractivity contribution < 1.29 is 9.59 Å². The molecule has 4 nitrogen and oxygen atoms in total. The molecule has 0 aromatic carbocycles. The molecule has 0 saturated heterocycles. The molecule has 2 N–H and O–H groups in total. The number of nitrogens with one attached hydrogen (secondary N) is 2. The van der Waals surface area contributed by atoms with E-state index in [0.717, 1.165) is 70.6 Å².